The second kappa shape index (κ2) is 2.35. The number of carbonyl (C=O) groups is 1. The van der Waals surface area contributed by atoms with Crippen molar-refractivity contribution in [3.63, 3.8) is 0 Å². The smallest absolute Gasteiger partial charge is 0.237 e. The van der Waals surface area contributed by atoms with Crippen molar-refractivity contribution in [3.05, 3.63) is 0 Å². The van der Waals surface area contributed by atoms with Crippen LogP contribution < -0.4 is 11.1 Å². The first-order chi connectivity index (χ1) is 4.22. The first-order valence-electron chi connectivity index (χ1n) is 3.25. The van der Waals surface area contributed by atoms with Gasteiger partial charge in [0, 0.05) is 6.54 Å². The van der Waals surface area contributed by atoms with Crippen LogP contribution in [0.3, 0.4) is 0 Å². The molecule has 0 aromatic rings. The summed E-state index contributed by atoms with van der Waals surface area (Å²) >= 11 is 0. The minimum Gasteiger partial charge on any atom is -0.355 e. The van der Waals surface area contributed by atoms with Crippen LogP contribution in [0.15, 0.2) is 0 Å². The maximum Gasteiger partial charge on any atom is 0.237 e. The second-order valence-corrected chi connectivity index (χ2v) is 2.58. The molecule has 0 saturated carbocycles. The van der Waals surface area contributed by atoms with Gasteiger partial charge in [-0.25, -0.2) is 0 Å². The van der Waals surface area contributed by atoms with Gasteiger partial charge >= 0.3 is 0 Å². The van der Waals surface area contributed by atoms with Gasteiger partial charge in [-0.15, -0.1) is 0 Å². The number of amides is 1. The summed E-state index contributed by atoms with van der Waals surface area (Å²) in [4.78, 5) is 10.8. The van der Waals surface area contributed by atoms with Gasteiger partial charge in [-0.1, -0.05) is 6.92 Å². The quantitative estimate of drug-likeness (QED) is 0.461. The Morgan fingerprint density at radius 1 is 1.78 bits per heavy atom. The fourth-order valence-corrected chi connectivity index (χ4v) is 0.979. The second-order valence-electron chi connectivity index (χ2n) is 2.58. The van der Waals surface area contributed by atoms with E-state index in [2.05, 4.69) is 5.32 Å². The van der Waals surface area contributed by atoms with Crippen molar-refractivity contribution in [3.8, 4) is 0 Å². The molecule has 1 aliphatic rings. The first kappa shape index (κ1) is 6.55. The van der Waals surface area contributed by atoms with Gasteiger partial charge in [0.2, 0.25) is 5.91 Å². The normalized spacial score (nSPS) is 36.0. The van der Waals surface area contributed by atoms with Crippen molar-refractivity contribution >= 4 is 5.91 Å². The predicted molar refractivity (Wildman–Crippen MR) is 34.8 cm³/mol. The van der Waals surface area contributed by atoms with Gasteiger partial charge < -0.3 is 11.1 Å². The Balaban J connectivity index is 2.51. The molecular weight excluding hydrogens is 116 g/mol. The van der Waals surface area contributed by atoms with Crippen LogP contribution >= 0.6 is 0 Å². The van der Waals surface area contributed by atoms with Crippen molar-refractivity contribution in [1.82, 2.24) is 5.32 Å². The summed E-state index contributed by atoms with van der Waals surface area (Å²) in [7, 11) is 0. The van der Waals surface area contributed by atoms with E-state index in [1.54, 1.807) is 0 Å². The molecular formula is C6H12N2O. The van der Waals surface area contributed by atoms with Gasteiger partial charge in [0.1, 0.15) is 0 Å². The maximum atomic E-state index is 10.8. The molecule has 0 aliphatic carbocycles. The van der Waals surface area contributed by atoms with Gasteiger partial charge in [-0.2, -0.15) is 0 Å². The zero-order valence-electron chi connectivity index (χ0n) is 5.55. The molecule has 0 bridgehead atoms. The highest BCUT2D eigenvalue weighted by atomic mass is 16.2. The molecule has 1 heterocycles. The summed E-state index contributed by atoms with van der Waals surface area (Å²) in [6.07, 6.45) is 1.01. The Kier molecular flexibility index (Phi) is 1.71. The molecule has 3 heteroatoms. The number of rotatable bonds is 0. The van der Waals surface area contributed by atoms with E-state index >= 15 is 0 Å². The van der Waals surface area contributed by atoms with Gasteiger partial charge in [0.05, 0.1) is 6.04 Å². The number of nitrogens with one attached hydrogen (secondary N) is 1. The van der Waals surface area contributed by atoms with Crippen molar-refractivity contribution in [2.75, 3.05) is 6.54 Å². The zero-order chi connectivity index (χ0) is 6.85. The topological polar surface area (TPSA) is 55.1 Å². The lowest BCUT2D eigenvalue weighted by molar-refractivity contribution is -0.124. The Morgan fingerprint density at radius 2 is 2.44 bits per heavy atom. The monoisotopic (exact) mass is 128 g/mol. The summed E-state index contributed by atoms with van der Waals surface area (Å²) in [5.41, 5.74) is 5.51. The molecule has 52 valence electrons. The lowest BCUT2D eigenvalue weighted by atomic mass is 9.95. The summed E-state index contributed by atoms with van der Waals surface area (Å²) in [6, 6.07) is -0.279. The third kappa shape index (κ3) is 1.21. The summed E-state index contributed by atoms with van der Waals surface area (Å²) in [6.45, 7) is 2.79. The molecule has 0 unspecified atom stereocenters. The SMILES string of the molecule is C[C@@H]1CCNC(=O)[C@H]1N. The van der Waals surface area contributed by atoms with E-state index in [0.717, 1.165) is 13.0 Å². The fraction of sp³-hybridized carbons (Fsp3) is 0.833. The fourth-order valence-electron chi connectivity index (χ4n) is 0.979. The highest BCUT2D eigenvalue weighted by Gasteiger charge is 2.24. The van der Waals surface area contributed by atoms with Crippen LogP contribution in [0.2, 0.25) is 0 Å². The van der Waals surface area contributed by atoms with E-state index in [1.165, 1.54) is 0 Å². The van der Waals surface area contributed by atoms with Gasteiger partial charge in [0.15, 0.2) is 0 Å². The van der Waals surface area contributed by atoms with Crippen molar-refractivity contribution in [1.29, 1.82) is 0 Å². The third-order valence-electron chi connectivity index (χ3n) is 1.81. The van der Waals surface area contributed by atoms with E-state index < -0.39 is 0 Å². The minimum absolute atomic E-state index is 0.00579. The maximum absolute atomic E-state index is 10.8. The molecule has 9 heavy (non-hydrogen) atoms. The average molecular weight is 128 g/mol. The van der Waals surface area contributed by atoms with Crippen molar-refractivity contribution < 1.29 is 4.79 Å². The van der Waals surface area contributed by atoms with Crippen LogP contribution in [0, 0.1) is 5.92 Å². The van der Waals surface area contributed by atoms with Gasteiger partial charge in [0.25, 0.3) is 0 Å². The predicted octanol–water partition coefficient (Wildman–Crippen LogP) is -0.530. The molecule has 3 N–H and O–H groups in total. The van der Waals surface area contributed by atoms with Crippen LogP contribution in [0.1, 0.15) is 13.3 Å². The number of hydrogen-bond acceptors (Lipinski definition) is 2. The molecule has 1 saturated heterocycles. The third-order valence-corrected chi connectivity index (χ3v) is 1.81. The molecule has 0 aromatic heterocycles. The Morgan fingerprint density at radius 3 is 2.89 bits per heavy atom. The molecule has 2 atom stereocenters. The molecule has 0 aromatic carbocycles. The number of carbonyl (C=O) groups excluding carboxylic acids is 1. The van der Waals surface area contributed by atoms with Crippen molar-refractivity contribution in [2.45, 2.75) is 19.4 Å². The number of nitrogens with two attached hydrogens (primary N) is 1. The summed E-state index contributed by atoms with van der Waals surface area (Å²) in [5, 5.41) is 2.70. The number of hydrogen-bond donors (Lipinski definition) is 2. The molecule has 3 nitrogen and oxygen atoms in total. The van der Waals surface area contributed by atoms with Crippen LogP contribution in [0.4, 0.5) is 0 Å². The summed E-state index contributed by atoms with van der Waals surface area (Å²) in [5.74, 6) is 0.340. The number of piperidine rings is 1. The molecule has 0 radical (unpaired) electrons. The van der Waals surface area contributed by atoms with Crippen LogP contribution in [0.25, 0.3) is 0 Å². The highest BCUT2D eigenvalue weighted by Crippen LogP contribution is 2.08. The molecule has 0 spiro atoms. The van der Waals surface area contributed by atoms with Crippen LogP contribution in [0.5, 0.6) is 0 Å². The van der Waals surface area contributed by atoms with E-state index in [0.29, 0.717) is 5.92 Å². The van der Waals surface area contributed by atoms with E-state index in [1.807, 2.05) is 6.92 Å². The highest BCUT2D eigenvalue weighted by molar-refractivity contribution is 5.82. The van der Waals surface area contributed by atoms with E-state index in [4.69, 9.17) is 5.73 Å². The Bertz CT molecular complexity index is 124. The van der Waals surface area contributed by atoms with Gasteiger partial charge in [-0.05, 0) is 12.3 Å². The van der Waals surface area contributed by atoms with Crippen molar-refractivity contribution in [2.24, 2.45) is 11.7 Å². The largest absolute Gasteiger partial charge is 0.355 e. The first-order valence-corrected chi connectivity index (χ1v) is 3.25. The Labute approximate surface area is 54.6 Å². The zero-order valence-corrected chi connectivity index (χ0v) is 5.55. The van der Waals surface area contributed by atoms with Gasteiger partial charge in [-0.3, -0.25) is 4.79 Å². The molecule has 1 aliphatic heterocycles. The lowest BCUT2D eigenvalue weighted by Crippen LogP contribution is -2.50. The van der Waals surface area contributed by atoms with E-state index in [-0.39, 0.29) is 11.9 Å². The molecule has 1 fully saturated rings. The molecule has 1 rings (SSSR count). The van der Waals surface area contributed by atoms with E-state index in [9.17, 15) is 4.79 Å². The average Bonchev–Trinajstić information content (AvgIpc) is 1.83. The van der Waals surface area contributed by atoms with Crippen LogP contribution in [-0.4, -0.2) is 18.5 Å². The van der Waals surface area contributed by atoms with Crippen LogP contribution in [-0.2, 0) is 4.79 Å². The standard InChI is InChI=1S/C6H12N2O/c1-4-2-3-8-6(9)5(4)7/h4-5H,2-3,7H2,1H3,(H,8,9)/t4-,5+/m1/s1. The molecule has 1 amide bonds. The summed E-state index contributed by atoms with van der Waals surface area (Å²) < 4.78 is 0. The Hall–Kier alpha value is -0.570. The minimum atomic E-state index is -0.279. The lowest BCUT2D eigenvalue weighted by Gasteiger charge is -2.24.